The van der Waals surface area contributed by atoms with Crippen LogP contribution >= 0.6 is 0 Å². The van der Waals surface area contributed by atoms with Crippen LogP contribution in [0.1, 0.15) is 6.92 Å². The van der Waals surface area contributed by atoms with Crippen LogP contribution in [0, 0.1) is 0 Å². The normalized spacial score (nSPS) is 16.1. The van der Waals surface area contributed by atoms with Gasteiger partial charge in [-0.05, 0) is 25.2 Å². The van der Waals surface area contributed by atoms with E-state index in [-0.39, 0.29) is 0 Å². The molecule has 0 amide bonds. The van der Waals surface area contributed by atoms with Crippen molar-refractivity contribution in [3.63, 3.8) is 0 Å². The molecule has 1 nitrogen and oxygen atoms in total. The molecule has 0 bridgehead atoms. The second-order valence-electron chi connectivity index (χ2n) is 2.76. The third-order valence-electron chi connectivity index (χ3n) is 1.50. The molecule has 0 atom stereocenters. The number of hydrogen-bond acceptors (Lipinski definition) is 1. The van der Waals surface area contributed by atoms with Crippen LogP contribution in [-0.2, 0) is 0 Å². The van der Waals surface area contributed by atoms with Gasteiger partial charge < -0.3 is 4.90 Å². The van der Waals surface area contributed by atoms with E-state index < -0.39 is 0 Å². The predicted molar refractivity (Wildman–Crippen MR) is 53.2 cm³/mol. The molecule has 0 spiro atoms. The van der Waals surface area contributed by atoms with Crippen LogP contribution in [0.2, 0.25) is 0 Å². The summed E-state index contributed by atoms with van der Waals surface area (Å²) in [5, 5.41) is 0. The fourth-order valence-corrected chi connectivity index (χ4v) is 0.844. The maximum atomic E-state index is 3.88. The van der Waals surface area contributed by atoms with Crippen LogP contribution in [0.4, 0.5) is 0 Å². The molecule has 1 heterocycles. The monoisotopic (exact) mass is 159 g/mol. The van der Waals surface area contributed by atoms with Gasteiger partial charge in [0, 0.05) is 18.1 Å². The molecule has 0 fully saturated rings. The molecule has 62 valence electrons. The Bertz CT molecular complexity index is 279. The highest BCUT2D eigenvalue weighted by molar-refractivity contribution is 5.28. The topological polar surface area (TPSA) is 3.24 Å². The predicted octanol–water partition coefficient (Wildman–Crippen LogP) is 2.98. The average molecular weight is 159 g/mol. The van der Waals surface area contributed by atoms with Crippen molar-refractivity contribution in [3.8, 4) is 0 Å². The van der Waals surface area contributed by atoms with E-state index in [2.05, 4.69) is 13.2 Å². The van der Waals surface area contributed by atoms with Gasteiger partial charge in [0.25, 0.3) is 0 Å². The van der Waals surface area contributed by atoms with E-state index in [9.17, 15) is 0 Å². The van der Waals surface area contributed by atoms with Gasteiger partial charge in [-0.1, -0.05) is 24.8 Å². The summed E-state index contributed by atoms with van der Waals surface area (Å²) in [6.45, 7) is 9.62. The van der Waals surface area contributed by atoms with Gasteiger partial charge in [0.2, 0.25) is 0 Å². The van der Waals surface area contributed by atoms with Gasteiger partial charge in [-0.15, -0.1) is 0 Å². The van der Waals surface area contributed by atoms with Crippen LogP contribution in [0.25, 0.3) is 0 Å². The first-order valence-corrected chi connectivity index (χ1v) is 3.86. The van der Waals surface area contributed by atoms with E-state index in [1.807, 2.05) is 48.5 Å². The van der Waals surface area contributed by atoms with Crippen molar-refractivity contribution in [2.24, 2.45) is 0 Å². The van der Waals surface area contributed by atoms with E-state index in [4.69, 9.17) is 0 Å². The molecule has 1 aliphatic rings. The Morgan fingerprint density at radius 1 is 1.50 bits per heavy atom. The Kier molecular flexibility index (Phi) is 2.70. The minimum absolute atomic E-state index is 0.968. The molecule has 1 heteroatoms. The second-order valence-corrected chi connectivity index (χ2v) is 2.76. The summed E-state index contributed by atoms with van der Waals surface area (Å²) < 4.78 is 0. The van der Waals surface area contributed by atoms with Crippen molar-refractivity contribution >= 4 is 0 Å². The van der Waals surface area contributed by atoms with E-state index in [1.165, 1.54) is 0 Å². The van der Waals surface area contributed by atoms with Crippen molar-refractivity contribution in [2.45, 2.75) is 6.92 Å². The zero-order chi connectivity index (χ0) is 8.97. The standard InChI is InChI=1S/C11H13N/c1-10(2)7-9-12-8-5-4-6-11(12)3/h4-9H,1,3H2,2H3. The summed E-state index contributed by atoms with van der Waals surface area (Å²) in [6, 6.07) is 0. The quantitative estimate of drug-likeness (QED) is 0.560. The van der Waals surface area contributed by atoms with Crippen molar-refractivity contribution in [1.82, 2.24) is 4.90 Å². The highest BCUT2D eigenvalue weighted by atomic mass is 15.1. The lowest BCUT2D eigenvalue weighted by Crippen LogP contribution is -2.07. The minimum Gasteiger partial charge on any atom is -0.324 e. The van der Waals surface area contributed by atoms with Crippen LogP contribution in [0.5, 0.6) is 0 Å². The molecule has 0 aromatic carbocycles. The third-order valence-corrected chi connectivity index (χ3v) is 1.50. The van der Waals surface area contributed by atoms with Gasteiger partial charge >= 0.3 is 0 Å². The lowest BCUT2D eigenvalue weighted by atomic mass is 10.3. The molecule has 0 N–H and O–H groups in total. The number of rotatable bonds is 2. The Morgan fingerprint density at radius 3 is 2.83 bits per heavy atom. The van der Waals surface area contributed by atoms with Crippen molar-refractivity contribution in [2.75, 3.05) is 0 Å². The zero-order valence-corrected chi connectivity index (χ0v) is 7.33. The molecule has 0 saturated heterocycles. The molecule has 1 aliphatic heterocycles. The highest BCUT2D eigenvalue weighted by Crippen LogP contribution is 2.10. The molecule has 12 heavy (non-hydrogen) atoms. The molecule has 0 unspecified atom stereocenters. The van der Waals surface area contributed by atoms with E-state index in [1.54, 1.807) is 0 Å². The molecule has 1 rings (SSSR count). The van der Waals surface area contributed by atoms with Crippen LogP contribution in [0.3, 0.4) is 0 Å². The fourth-order valence-electron chi connectivity index (χ4n) is 0.844. The molecule has 0 aromatic rings. The number of allylic oxidation sites excluding steroid dienone is 5. The van der Waals surface area contributed by atoms with E-state index in [0.717, 1.165) is 11.3 Å². The fraction of sp³-hybridized carbons (Fsp3) is 0.0909. The largest absolute Gasteiger partial charge is 0.324 e. The first-order valence-electron chi connectivity index (χ1n) is 3.86. The lowest BCUT2D eigenvalue weighted by Gasteiger charge is -2.17. The Hall–Kier alpha value is -1.50. The van der Waals surface area contributed by atoms with E-state index >= 15 is 0 Å². The molecule has 0 saturated carbocycles. The second kappa shape index (κ2) is 3.77. The van der Waals surface area contributed by atoms with Crippen LogP contribution in [0.15, 0.2) is 61.1 Å². The smallest absolute Gasteiger partial charge is 0.0377 e. The summed E-state index contributed by atoms with van der Waals surface area (Å²) in [6.07, 6.45) is 11.8. The number of nitrogens with zero attached hydrogens (tertiary/aromatic N) is 1. The molecular formula is C11H13N. The summed E-state index contributed by atoms with van der Waals surface area (Å²) in [4.78, 5) is 1.95. The van der Waals surface area contributed by atoms with Gasteiger partial charge in [-0.3, -0.25) is 0 Å². The third kappa shape index (κ3) is 2.27. The Labute approximate surface area is 73.7 Å². The summed E-state index contributed by atoms with van der Waals surface area (Å²) >= 11 is 0. The number of hydrogen-bond donors (Lipinski definition) is 0. The molecular weight excluding hydrogens is 146 g/mol. The molecule has 0 aromatic heterocycles. The van der Waals surface area contributed by atoms with Gasteiger partial charge in [-0.25, -0.2) is 0 Å². The zero-order valence-electron chi connectivity index (χ0n) is 7.33. The Morgan fingerprint density at radius 2 is 2.25 bits per heavy atom. The van der Waals surface area contributed by atoms with Gasteiger partial charge in [0.15, 0.2) is 0 Å². The van der Waals surface area contributed by atoms with Crippen LogP contribution in [-0.4, -0.2) is 4.90 Å². The summed E-state index contributed by atoms with van der Waals surface area (Å²) in [5.74, 6) is 0. The minimum atomic E-state index is 0.968. The van der Waals surface area contributed by atoms with Gasteiger partial charge in [-0.2, -0.15) is 0 Å². The highest BCUT2D eigenvalue weighted by Gasteiger charge is 1.98. The van der Waals surface area contributed by atoms with Crippen molar-refractivity contribution in [3.05, 3.63) is 61.1 Å². The molecule has 0 aliphatic carbocycles. The first-order chi connectivity index (χ1) is 5.70. The SMILES string of the molecule is C=C(C)C=CN1C=CC=CC1=C. The average Bonchev–Trinajstić information content (AvgIpc) is 2.03. The van der Waals surface area contributed by atoms with Crippen molar-refractivity contribution < 1.29 is 0 Å². The van der Waals surface area contributed by atoms with Crippen molar-refractivity contribution in [1.29, 1.82) is 0 Å². The maximum Gasteiger partial charge on any atom is 0.0377 e. The summed E-state index contributed by atoms with van der Waals surface area (Å²) in [5.41, 5.74) is 2.00. The first kappa shape index (κ1) is 8.60. The van der Waals surface area contributed by atoms with Gasteiger partial charge in [0.1, 0.15) is 0 Å². The van der Waals surface area contributed by atoms with Gasteiger partial charge in [0.05, 0.1) is 0 Å². The molecule has 0 radical (unpaired) electrons. The van der Waals surface area contributed by atoms with Crippen LogP contribution < -0.4 is 0 Å². The van der Waals surface area contributed by atoms with E-state index in [0.29, 0.717) is 0 Å². The maximum absolute atomic E-state index is 3.88. The lowest BCUT2D eigenvalue weighted by molar-refractivity contribution is 0.648. The summed E-state index contributed by atoms with van der Waals surface area (Å²) in [7, 11) is 0. The Balaban J connectivity index is 2.65.